The Hall–Kier alpha value is -0.920. The molecule has 0 radical (unpaired) electrons. The van der Waals surface area contributed by atoms with Gasteiger partial charge in [0.15, 0.2) is 0 Å². The lowest BCUT2D eigenvalue weighted by atomic mass is 9.88. The maximum Gasteiger partial charge on any atom is 0.139 e. The van der Waals surface area contributed by atoms with Gasteiger partial charge in [-0.05, 0) is 30.9 Å². The maximum absolute atomic E-state index is 14.2. The summed E-state index contributed by atoms with van der Waals surface area (Å²) in [6.07, 6.45) is 5.49. The molecule has 1 fully saturated rings. The van der Waals surface area contributed by atoms with E-state index in [1.807, 2.05) is 6.92 Å². The largest absolute Gasteiger partial charge is 0.239 e. The Morgan fingerprint density at radius 3 is 2.29 bits per heavy atom. The van der Waals surface area contributed by atoms with Crippen molar-refractivity contribution < 1.29 is 8.78 Å². The summed E-state index contributed by atoms with van der Waals surface area (Å²) in [5, 5.41) is 0. The fourth-order valence-corrected chi connectivity index (χ4v) is 2.66. The van der Waals surface area contributed by atoms with Crippen LogP contribution in [0.15, 0.2) is 36.0 Å². The van der Waals surface area contributed by atoms with Gasteiger partial charge in [0.05, 0.1) is 0 Å². The van der Waals surface area contributed by atoms with Crippen LogP contribution in [0.3, 0.4) is 0 Å². The third-order valence-electron chi connectivity index (χ3n) is 3.27. The van der Waals surface area contributed by atoms with Gasteiger partial charge in [-0.3, -0.25) is 0 Å². The number of fused-ring (bicyclic) bond motifs is 2. The molecule has 0 heterocycles. The SMILES string of the molecule is C=CC1=C(/C=C\C)C2(F)CCC1(F)C2. The zero-order chi connectivity index (χ0) is 10.4. The van der Waals surface area contributed by atoms with Crippen LogP contribution in [0.5, 0.6) is 0 Å². The minimum Gasteiger partial charge on any atom is -0.239 e. The molecule has 2 bridgehead atoms. The Labute approximate surface area is 83.0 Å². The summed E-state index contributed by atoms with van der Waals surface area (Å²) in [4.78, 5) is 0. The van der Waals surface area contributed by atoms with E-state index in [-0.39, 0.29) is 6.42 Å². The van der Waals surface area contributed by atoms with Crippen molar-refractivity contribution in [3.63, 3.8) is 0 Å². The fraction of sp³-hybridized carbons (Fsp3) is 0.500. The number of rotatable bonds is 2. The molecule has 1 saturated carbocycles. The van der Waals surface area contributed by atoms with Crippen molar-refractivity contribution in [2.24, 2.45) is 0 Å². The number of alkyl halides is 2. The first-order valence-corrected chi connectivity index (χ1v) is 4.94. The topological polar surface area (TPSA) is 0 Å². The first-order valence-electron chi connectivity index (χ1n) is 4.94. The van der Waals surface area contributed by atoms with E-state index in [9.17, 15) is 8.78 Å². The summed E-state index contributed by atoms with van der Waals surface area (Å²) in [6, 6.07) is 0. The van der Waals surface area contributed by atoms with Gasteiger partial charge in [-0.1, -0.05) is 24.8 Å². The van der Waals surface area contributed by atoms with Gasteiger partial charge >= 0.3 is 0 Å². The lowest BCUT2D eigenvalue weighted by Crippen LogP contribution is -2.19. The first kappa shape index (κ1) is 9.63. The van der Waals surface area contributed by atoms with Crippen LogP contribution in [-0.2, 0) is 0 Å². The van der Waals surface area contributed by atoms with E-state index < -0.39 is 11.3 Å². The van der Waals surface area contributed by atoms with E-state index in [1.165, 1.54) is 6.08 Å². The van der Waals surface area contributed by atoms with E-state index in [0.29, 0.717) is 24.0 Å². The average Bonchev–Trinajstić information content (AvgIpc) is 2.53. The Kier molecular flexibility index (Phi) is 1.91. The molecule has 0 saturated heterocycles. The van der Waals surface area contributed by atoms with Crippen LogP contribution in [0.4, 0.5) is 8.78 Å². The number of hydrogen-bond donors (Lipinski definition) is 0. The Balaban J connectivity index is 2.56. The zero-order valence-corrected chi connectivity index (χ0v) is 8.32. The van der Waals surface area contributed by atoms with Gasteiger partial charge in [0.2, 0.25) is 0 Å². The van der Waals surface area contributed by atoms with Crippen molar-refractivity contribution in [2.45, 2.75) is 37.5 Å². The summed E-state index contributed by atoms with van der Waals surface area (Å²) in [6.45, 7) is 5.39. The molecule has 0 aliphatic heterocycles. The van der Waals surface area contributed by atoms with E-state index in [4.69, 9.17) is 0 Å². The van der Waals surface area contributed by atoms with Gasteiger partial charge in [0.1, 0.15) is 11.3 Å². The van der Waals surface area contributed by atoms with Gasteiger partial charge in [0, 0.05) is 6.42 Å². The molecule has 0 aromatic rings. The summed E-state index contributed by atoms with van der Waals surface area (Å²) >= 11 is 0. The molecule has 0 amide bonds. The second-order valence-electron chi connectivity index (χ2n) is 4.14. The third-order valence-corrected chi connectivity index (χ3v) is 3.27. The highest BCUT2D eigenvalue weighted by atomic mass is 19.2. The summed E-state index contributed by atoms with van der Waals surface area (Å²) in [7, 11) is 0. The summed E-state index contributed by atoms with van der Waals surface area (Å²) in [5.74, 6) is 0. The highest BCUT2D eigenvalue weighted by Crippen LogP contribution is 2.58. The molecule has 14 heavy (non-hydrogen) atoms. The maximum atomic E-state index is 14.2. The second kappa shape index (κ2) is 2.78. The van der Waals surface area contributed by atoms with E-state index >= 15 is 0 Å². The number of hydrogen-bond acceptors (Lipinski definition) is 0. The normalized spacial score (nSPS) is 41.4. The lowest BCUT2D eigenvalue weighted by Gasteiger charge is -2.22. The zero-order valence-electron chi connectivity index (χ0n) is 8.32. The minimum absolute atomic E-state index is 0.0129. The molecule has 2 atom stereocenters. The monoisotopic (exact) mass is 196 g/mol. The van der Waals surface area contributed by atoms with Crippen LogP contribution in [0.2, 0.25) is 0 Å². The third kappa shape index (κ3) is 1.03. The van der Waals surface area contributed by atoms with Gasteiger partial charge in [-0.2, -0.15) is 0 Å². The van der Waals surface area contributed by atoms with Gasteiger partial charge in [-0.25, -0.2) is 8.78 Å². The molecule has 0 aromatic carbocycles. The minimum atomic E-state index is -1.45. The van der Waals surface area contributed by atoms with Crippen LogP contribution >= 0.6 is 0 Å². The lowest BCUT2D eigenvalue weighted by molar-refractivity contribution is 0.197. The van der Waals surface area contributed by atoms with Crippen molar-refractivity contribution in [3.8, 4) is 0 Å². The Morgan fingerprint density at radius 1 is 1.21 bits per heavy atom. The van der Waals surface area contributed by atoms with Crippen molar-refractivity contribution in [2.75, 3.05) is 0 Å². The van der Waals surface area contributed by atoms with Crippen LogP contribution in [0.1, 0.15) is 26.2 Å². The molecule has 2 aliphatic rings. The average molecular weight is 196 g/mol. The van der Waals surface area contributed by atoms with E-state index in [0.717, 1.165) is 0 Å². The molecule has 2 aliphatic carbocycles. The van der Waals surface area contributed by atoms with Crippen molar-refractivity contribution in [1.82, 2.24) is 0 Å². The standard InChI is InChI=1S/C12H14F2/c1-3-5-10-9(4-2)11(13)6-7-12(10,14)8-11/h3-5H,2,6-8H2,1H3/b5-3-. The molecule has 0 N–H and O–H groups in total. The van der Waals surface area contributed by atoms with Crippen molar-refractivity contribution in [3.05, 3.63) is 36.0 Å². The number of halogens is 2. The molecule has 76 valence electrons. The van der Waals surface area contributed by atoms with Crippen molar-refractivity contribution >= 4 is 0 Å². The van der Waals surface area contributed by atoms with E-state index in [1.54, 1.807) is 12.2 Å². The molecule has 2 rings (SSSR count). The van der Waals surface area contributed by atoms with Crippen LogP contribution in [0.25, 0.3) is 0 Å². The van der Waals surface area contributed by atoms with E-state index in [2.05, 4.69) is 6.58 Å². The summed E-state index contributed by atoms with van der Waals surface area (Å²) < 4.78 is 28.4. The molecule has 0 spiro atoms. The van der Waals surface area contributed by atoms with Crippen molar-refractivity contribution in [1.29, 1.82) is 0 Å². The number of allylic oxidation sites excluding steroid dienone is 5. The predicted molar refractivity (Wildman–Crippen MR) is 53.6 cm³/mol. The van der Waals surface area contributed by atoms with Crippen LogP contribution in [-0.4, -0.2) is 11.3 Å². The molecule has 0 nitrogen and oxygen atoms in total. The van der Waals surface area contributed by atoms with Gasteiger partial charge < -0.3 is 0 Å². The molecule has 0 aromatic heterocycles. The second-order valence-corrected chi connectivity index (χ2v) is 4.14. The molecular weight excluding hydrogens is 182 g/mol. The van der Waals surface area contributed by atoms with Crippen LogP contribution < -0.4 is 0 Å². The quantitative estimate of drug-likeness (QED) is 0.632. The molecular formula is C12H14F2. The van der Waals surface area contributed by atoms with Gasteiger partial charge in [-0.15, -0.1) is 0 Å². The van der Waals surface area contributed by atoms with Gasteiger partial charge in [0.25, 0.3) is 0 Å². The molecule has 2 unspecified atom stereocenters. The highest BCUT2D eigenvalue weighted by Gasteiger charge is 2.59. The highest BCUT2D eigenvalue weighted by molar-refractivity contribution is 5.52. The Bertz CT molecular complexity index is 340. The van der Waals surface area contributed by atoms with Crippen LogP contribution in [0, 0.1) is 0 Å². The fourth-order valence-electron chi connectivity index (χ4n) is 2.66. The summed E-state index contributed by atoms with van der Waals surface area (Å²) in [5.41, 5.74) is -1.93. The smallest absolute Gasteiger partial charge is 0.139 e. The predicted octanol–water partition coefficient (Wildman–Crippen LogP) is 3.66. The first-order chi connectivity index (χ1) is 6.56. The molecule has 2 heteroatoms. The Morgan fingerprint density at radius 2 is 1.79 bits per heavy atom.